The lowest BCUT2D eigenvalue weighted by Crippen LogP contribution is -2.48. The summed E-state index contributed by atoms with van der Waals surface area (Å²) in [5.74, 6) is 0.723. The summed E-state index contributed by atoms with van der Waals surface area (Å²) in [7, 11) is -2.23. The Morgan fingerprint density at radius 2 is 1.79 bits per heavy atom. The van der Waals surface area contributed by atoms with Gasteiger partial charge in [0.05, 0.1) is 31.4 Å². The van der Waals surface area contributed by atoms with Crippen LogP contribution in [0, 0.1) is 0 Å². The molecule has 2 aromatic rings. The topological polar surface area (TPSA) is 89.3 Å². The molecular weight excluding hydrogens is 384 g/mol. The Morgan fingerprint density at radius 1 is 1.11 bits per heavy atom. The minimum atomic E-state index is -3.55. The molecule has 2 heterocycles. The van der Waals surface area contributed by atoms with Gasteiger partial charge in [0.15, 0.2) is 0 Å². The van der Waals surface area contributed by atoms with Crippen LogP contribution in [0.25, 0.3) is 0 Å². The van der Waals surface area contributed by atoms with Crippen LogP contribution < -0.4 is 4.74 Å². The normalized spacial score (nSPS) is 16.1. The molecule has 152 valence electrons. The molecule has 0 spiro atoms. The van der Waals surface area contributed by atoms with Gasteiger partial charge in [-0.1, -0.05) is 0 Å². The van der Waals surface area contributed by atoms with Gasteiger partial charge in [0.2, 0.25) is 10.0 Å². The number of hydrogen-bond donors (Lipinski definition) is 0. The van der Waals surface area contributed by atoms with Crippen molar-refractivity contribution in [3.63, 3.8) is 0 Å². The van der Waals surface area contributed by atoms with E-state index in [-0.39, 0.29) is 4.90 Å². The molecule has 0 radical (unpaired) electrons. The van der Waals surface area contributed by atoms with E-state index in [1.807, 2.05) is 6.92 Å². The van der Waals surface area contributed by atoms with Crippen molar-refractivity contribution in [2.75, 3.05) is 39.9 Å². The van der Waals surface area contributed by atoms with Crippen molar-refractivity contribution < 1.29 is 27.1 Å². The highest BCUT2D eigenvalue weighted by Gasteiger charge is 2.29. The Balaban J connectivity index is 1.61. The molecule has 1 aromatic carbocycles. The van der Waals surface area contributed by atoms with E-state index in [9.17, 15) is 13.2 Å². The molecule has 0 N–H and O–H groups in total. The number of sulfonamides is 1. The number of nitrogens with zero attached hydrogens (tertiary/aromatic N) is 2. The van der Waals surface area contributed by atoms with Crippen molar-refractivity contribution in [3.8, 4) is 5.75 Å². The quantitative estimate of drug-likeness (QED) is 0.647. The Hall–Kier alpha value is -2.36. The van der Waals surface area contributed by atoms with Crippen LogP contribution in [-0.4, -0.2) is 63.5 Å². The fourth-order valence-electron chi connectivity index (χ4n) is 3.11. The number of piperazine rings is 1. The van der Waals surface area contributed by atoms with E-state index in [1.165, 1.54) is 17.7 Å². The number of benzene rings is 1. The van der Waals surface area contributed by atoms with Crippen LogP contribution in [0.5, 0.6) is 5.75 Å². The minimum Gasteiger partial charge on any atom is -0.494 e. The van der Waals surface area contributed by atoms with Crippen LogP contribution in [0.3, 0.4) is 0 Å². The van der Waals surface area contributed by atoms with E-state index in [0.717, 1.165) is 0 Å². The summed E-state index contributed by atoms with van der Waals surface area (Å²) >= 11 is 0. The second-order valence-corrected chi connectivity index (χ2v) is 8.27. The molecule has 1 aromatic heterocycles. The van der Waals surface area contributed by atoms with E-state index in [0.29, 0.717) is 56.4 Å². The van der Waals surface area contributed by atoms with E-state index in [2.05, 4.69) is 4.90 Å². The van der Waals surface area contributed by atoms with Crippen LogP contribution in [-0.2, 0) is 21.3 Å². The highest BCUT2D eigenvalue weighted by molar-refractivity contribution is 7.89. The van der Waals surface area contributed by atoms with Crippen molar-refractivity contribution in [3.05, 3.63) is 47.9 Å². The van der Waals surface area contributed by atoms with Crippen molar-refractivity contribution in [2.24, 2.45) is 0 Å². The molecule has 8 nitrogen and oxygen atoms in total. The van der Waals surface area contributed by atoms with Crippen LogP contribution in [0.2, 0.25) is 0 Å². The molecule has 1 saturated heterocycles. The summed E-state index contributed by atoms with van der Waals surface area (Å²) in [4.78, 5) is 14.0. The fraction of sp³-hybridized carbons (Fsp3) is 0.421. The second kappa shape index (κ2) is 8.76. The second-order valence-electron chi connectivity index (χ2n) is 6.33. The molecule has 0 unspecified atom stereocenters. The smallest absolute Gasteiger partial charge is 0.341 e. The average molecular weight is 408 g/mol. The Labute approximate surface area is 164 Å². The molecular formula is C19H24N2O6S. The van der Waals surface area contributed by atoms with Crippen LogP contribution in [0.15, 0.2) is 45.9 Å². The van der Waals surface area contributed by atoms with Crippen LogP contribution in [0.1, 0.15) is 23.0 Å². The first-order valence-electron chi connectivity index (χ1n) is 9.05. The predicted molar refractivity (Wildman–Crippen MR) is 102 cm³/mol. The van der Waals surface area contributed by atoms with Gasteiger partial charge in [-0.2, -0.15) is 4.31 Å². The number of hydrogen-bond acceptors (Lipinski definition) is 7. The molecule has 0 saturated carbocycles. The van der Waals surface area contributed by atoms with E-state index in [4.69, 9.17) is 13.9 Å². The molecule has 0 amide bonds. The minimum absolute atomic E-state index is 0.253. The van der Waals surface area contributed by atoms with Gasteiger partial charge < -0.3 is 13.9 Å². The zero-order chi connectivity index (χ0) is 20.1. The first kappa shape index (κ1) is 20.4. The third kappa shape index (κ3) is 4.37. The highest BCUT2D eigenvalue weighted by atomic mass is 32.2. The standard InChI is InChI=1S/C19H24N2O6S/c1-3-26-15-4-6-16(7-5-15)28(23,24)21-11-9-20(10-12-21)14-18-17(8-13-27-18)19(22)25-2/h4-8,13H,3,9-12,14H2,1-2H3. The van der Waals surface area contributed by atoms with Gasteiger partial charge in [0.25, 0.3) is 0 Å². The number of methoxy groups -OCH3 is 1. The Kier molecular flexibility index (Phi) is 6.38. The molecule has 0 atom stereocenters. The Bertz CT molecular complexity index is 899. The van der Waals surface area contributed by atoms with Crippen molar-refractivity contribution in [1.82, 2.24) is 9.21 Å². The number of carbonyl (C=O) groups excluding carboxylic acids is 1. The largest absolute Gasteiger partial charge is 0.494 e. The molecule has 1 aliphatic heterocycles. The number of furan rings is 1. The molecule has 9 heteroatoms. The first-order valence-corrected chi connectivity index (χ1v) is 10.5. The van der Waals surface area contributed by atoms with Crippen molar-refractivity contribution in [2.45, 2.75) is 18.4 Å². The van der Waals surface area contributed by atoms with Gasteiger partial charge in [0, 0.05) is 26.2 Å². The number of rotatable bonds is 7. The summed E-state index contributed by atoms with van der Waals surface area (Å²) in [6, 6.07) is 8.04. The molecule has 28 heavy (non-hydrogen) atoms. The van der Waals surface area contributed by atoms with Crippen molar-refractivity contribution >= 4 is 16.0 Å². The number of esters is 1. The highest BCUT2D eigenvalue weighted by Crippen LogP contribution is 2.22. The lowest BCUT2D eigenvalue weighted by atomic mass is 10.2. The van der Waals surface area contributed by atoms with Gasteiger partial charge in [-0.3, -0.25) is 4.90 Å². The summed E-state index contributed by atoms with van der Waals surface area (Å²) in [6.45, 7) is 4.64. The third-order valence-electron chi connectivity index (χ3n) is 4.62. The molecule has 3 rings (SSSR count). The number of ether oxygens (including phenoxy) is 2. The summed E-state index contributed by atoms with van der Waals surface area (Å²) in [6.07, 6.45) is 1.45. The summed E-state index contributed by atoms with van der Waals surface area (Å²) < 4.78 is 42.7. The van der Waals surface area contributed by atoms with E-state index in [1.54, 1.807) is 30.3 Å². The van der Waals surface area contributed by atoms with Crippen LogP contribution in [0.4, 0.5) is 0 Å². The average Bonchev–Trinajstić information content (AvgIpc) is 3.16. The molecule has 0 aliphatic carbocycles. The maximum Gasteiger partial charge on any atom is 0.341 e. The van der Waals surface area contributed by atoms with E-state index >= 15 is 0 Å². The Morgan fingerprint density at radius 3 is 2.39 bits per heavy atom. The lowest BCUT2D eigenvalue weighted by molar-refractivity contribution is 0.0595. The number of carbonyl (C=O) groups is 1. The zero-order valence-corrected chi connectivity index (χ0v) is 16.8. The predicted octanol–water partition coefficient (Wildman–Crippen LogP) is 1.97. The van der Waals surface area contributed by atoms with Crippen molar-refractivity contribution in [1.29, 1.82) is 0 Å². The van der Waals surface area contributed by atoms with Gasteiger partial charge in [0.1, 0.15) is 17.1 Å². The van der Waals surface area contributed by atoms with Gasteiger partial charge in [-0.05, 0) is 37.3 Å². The van der Waals surface area contributed by atoms with Gasteiger partial charge >= 0.3 is 5.97 Å². The molecule has 0 bridgehead atoms. The van der Waals surface area contributed by atoms with Gasteiger partial charge in [-0.15, -0.1) is 0 Å². The van der Waals surface area contributed by atoms with E-state index < -0.39 is 16.0 Å². The fourth-order valence-corrected chi connectivity index (χ4v) is 4.53. The summed E-state index contributed by atoms with van der Waals surface area (Å²) in [5, 5.41) is 0. The first-order chi connectivity index (χ1) is 13.5. The maximum atomic E-state index is 12.8. The SMILES string of the molecule is CCOc1ccc(S(=O)(=O)N2CCN(Cc3occc3C(=O)OC)CC2)cc1. The van der Waals surface area contributed by atoms with Crippen LogP contribution >= 0.6 is 0 Å². The third-order valence-corrected chi connectivity index (χ3v) is 6.53. The zero-order valence-electron chi connectivity index (χ0n) is 16.0. The van der Waals surface area contributed by atoms with Gasteiger partial charge in [-0.25, -0.2) is 13.2 Å². The monoisotopic (exact) mass is 408 g/mol. The molecule has 1 fully saturated rings. The lowest BCUT2D eigenvalue weighted by Gasteiger charge is -2.33. The maximum absolute atomic E-state index is 12.8. The molecule has 1 aliphatic rings. The summed E-state index contributed by atoms with van der Waals surface area (Å²) in [5.41, 5.74) is 0.395.